The summed E-state index contributed by atoms with van der Waals surface area (Å²) in [7, 11) is 0. The predicted octanol–water partition coefficient (Wildman–Crippen LogP) is 4.33. The van der Waals surface area contributed by atoms with Crippen LogP contribution in [0.25, 0.3) is 6.08 Å². The summed E-state index contributed by atoms with van der Waals surface area (Å²) in [4.78, 5) is 35.3. The zero-order valence-electron chi connectivity index (χ0n) is 13.6. The highest BCUT2D eigenvalue weighted by Crippen LogP contribution is 2.30. The lowest BCUT2D eigenvalue weighted by Crippen LogP contribution is -2.20. The molecule has 0 saturated carbocycles. The van der Waals surface area contributed by atoms with E-state index in [-0.39, 0.29) is 17.4 Å². The van der Waals surface area contributed by atoms with E-state index in [0.717, 1.165) is 11.8 Å². The number of halogens is 2. The van der Waals surface area contributed by atoms with E-state index in [1.165, 1.54) is 6.08 Å². The molecule has 27 heavy (non-hydrogen) atoms. The second-order valence-corrected chi connectivity index (χ2v) is 7.27. The van der Waals surface area contributed by atoms with Crippen LogP contribution in [0.3, 0.4) is 0 Å². The Balaban J connectivity index is 1.71. The van der Waals surface area contributed by atoms with Crippen LogP contribution in [-0.2, 0) is 9.59 Å². The summed E-state index contributed by atoms with van der Waals surface area (Å²) in [5, 5.41) is 5.32. The monoisotopic (exact) mass is 422 g/mol. The standard InChI is InChI=1S/C18H12Cl2N2O4S/c19-11-2-1-3-13(8-11)21-16(23)9-26-14-5-4-12(20)6-10(14)7-15-17(24)22-18(25)27-15/h1-8H,9H2,(H,21,23)(H,22,24,25)/b15-7-. The van der Waals surface area contributed by atoms with Gasteiger partial charge in [-0.15, -0.1) is 0 Å². The van der Waals surface area contributed by atoms with Crippen molar-refractivity contribution in [1.82, 2.24) is 5.32 Å². The Morgan fingerprint density at radius 1 is 1.15 bits per heavy atom. The number of hydrogen-bond donors (Lipinski definition) is 2. The van der Waals surface area contributed by atoms with Crippen molar-refractivity contribution in [1.29, 1.82) is 0 Å². The van der Waals surface area contributed by atoms with Crippen molar-refractivity contribution in [3.05, 3.63) is 63.0 Å². The Labute approximate surface area is 168 Å². The van der Waals surface area contributed by atoms with Gasteiger partial charge in [-0.05, 0) is 54.2 Å². The van der Waals surface area contributed by atoms with Crippen LogP contribution in [0.5, 0.6) is 5.75 Å². The molecule has 1 aliphatic heterocycles. The first kappa shape index (κ1) is 19.3. The number of thioether (sulfide) groups is 1. The molecule has 2 N–H and O–H groups in total. The van der Waals surface area contributed by atoms with Gasteiger partial charge in [-0.1, -0.05) is 29.3 Å². The molecule has 1 fully saturated rings. The SMILES string of the molecule is O=C(COc1ccc(Cl)cc1/C=C1\SC(=O)NC1=O)Nc1cccc(Cl)c1. The fourth-order valence-electron chi connectivity index (χ4n) is 2.23. The van der Waals surface area contributed by atoms with Crippen LogP contribution in [0.15, 0.2) is 47.4 Å². The summed E-state index contributed by atoms with van der Waals surface area (Å²) in [5.74, 6) is -0.524. The van der Waals surface area contributed by atoms with Crippen LogP contribution in [0.1, 0.15) is 5.56 Å². The van der Waals surface area contributed by atoms with Gasteiger partial charge in [0, 0.05) is 21.3 Å². The summed E-state index contributed by atoms with van der Waals surface area (Å²) in [5.41, 5.74) is 1.03. The molecule has 9 heteroatoms. The Morgan fingerprint density at radius 3 is 2.63 bits per heavy atom. The van der Waals surface area contributed by atoms with Gasteiger partial charge in [-0.2, -0.15) is 0 Å². The summed E-state index contributed by atoms with van der Waals surface area (Å²) in [6, 6.07) is 11.5. The van der Waals surface area contributed by atoms with Gasteiger partial charge in [-0.3, -0.25) is 19.7 Å². The molecule has 1 heterocycles. The van der Waals surface area contributed by atoms with Gasteiger partial charge in [0.1, 0.15) is 5.75 Å². The van der Waals surface area contributed by atoms with E-state index >= 15 is 0 Å². The van der Waals surface area contributed by atoms with Crippen molar-refractivity contribution >= 4 is 63.8 Å². The summed E-state index contributed by atoms with van der Waals surface area (Å²) in [6.07, 6.45) is 1.49. The van der Waals surface area contributed by atoms with E-state index < -0.39 is 11.1 Å². The first-order chi connectivity index (χ1) is 12.9. The van der Waals surface area contributed by atoms with Crippen molar-refractivity contribution < 1.29 is 19.1 Å². The number of hydrogen-bond acceptors (Lipinski definition) is 5. The number of carbonyl (C=O) groups is 3. The average molecular weight is 423 g/mol. The second kappa shape index (κ2) is 8.47. The summed E-state index contributed by atoms with van der Waals surface area (Å²) < 4.78 is 5.55. The largest absolute Gasteiger partial charge is 0.483 e. The molecule has 0 spiro atoms. The Bertz CT molecular complexity index is 962. The van der Waals surface area contributed by atoms with Gasteiger partial charge < -0.3 is 10.1 Å². The van der Waals surface area contributed by atoms with Crippen molar-refractivity contribution in [3.8, 4) is 5.75 Å². The Morgan fingerprint density at radius 2 is 1.93 bits per heavy atom. The number of ether oxygens (including phenoxy) is 1. The molecule has 6 nitrogen and oxygen atoms in total. The molecule has 0 bridgehead atoms. The molecule has 1 aliphatic rings. The van der Waals surface area contributed by atoms with Crippen molar-refractivity contribution in [2.75, 3.05) is 11.9 Å². The van der Waals surface area contributed by atoms with Crippen molar-refractivity contribution in [3.63, 3.8) is 0 Å². The zero-order chi connectivity index (χ0) is 19.4. The van der Waals surface area contributed by atoms with Gasteiger partial charge in [0.05, 0.1) is 4.91 Å². The maximum atomic E-state index is 12.1. The van der Waals surface area contributed by atoms with Crippen molar-refractivity contribution in [2.24, 2.45) is 0 Å². The molecule has 0 atom stereocenters. The predicted molar refractivity (Wildman–Crippen MR) is 106 cm³/mol. The molecule has 0 unspecified atom stereocenters. The molecule has 3 amide bonds. The number of imide groups is 1. The van der Waals surface area contributed by atoms with E-state index in [1.807, 2.05) is 0 Å². The van der Waals surface area contributed by atoms with E-state index in [0.29, 0.717) is 27.0 Å². The number of nitrogens with one attached hydrogen (secondary N) is 2. The average Bonchev–Trinajstić information content (AvgIpc) is 2.91. The third kappa shape index (κ3) is 5.26. The van der Waals surface area contributed by atoms with Gasteiger partial charge in [0.2, 0.25) is 0 Å². The first-order valence-corrected chi connectivity index (χ1v) is 9.20. The fourth-order valence-corrected chi connectivity index (χ4v) is 3.28. The number of anilines is 1. The van der Waals surface area contributed by atoms with E-state index in [2.05, 4.69) is 10.6 Å². The molecular formula is C18H12Cl2N2O4S. The lowest BCUT2D eigenvalue weighted by molar-refractivity contribution is -0.118. The molecule has 2 aromatic rings. The minimum atomic E-state index is -0.491. The summed E-state index contributed by atoms with van der Waals surface area (Å²) >= 11 is 12.7. The van der Waals surface area contributed by atoms with Crippen LogP contribution >= 0.6 is 35.0 Å². The van der Waals surface area contributed by atoms with E-state index in [1.54, 1.807) is 42.5 Å². The van der Waals surface area contributed by atoms with Crippen LogP contribution in [0.4, 0.5) is 10.5 Å². The topological polar surface area (TPSA) is 84.5 Å². The van der Waals surface area contributed by atoms with E-state index in [9.17, 15) is 14.4 Å². The molecule has 1 saturated heterocycles. The maximum Gasteiger partial charge on any atom is 0.290 e. The first-order valence-electron chi connectivity index (χ1n) is 7.63. The molecule has 0 aromatic heterocycles. The Hall–Kier alpha value is -2.48. The quantitative estimate of drug-likeness (QED) is 0.700. The fraction of sp³-hybridized carbons (Fsp3) is 0.0556. The highest BCUT2D eigenvalue weighted by Gasteiger charge is 2.25. The van der Waals surface area contributed by atoms with Gasteiger partial charge in [-0.25, -0.2) is 0 Å². The molecule has 2 aromatic carbocycles. The number of carbonyl (C=O) groups excluding carboxylic acids is 3. The minimum Gasteiger partial charge on any atom is -0.483 e. The highest BCUT2D eigenvalue weighted by atomic mass is 35.5. The second-order valence-electron chi connectivity index (χ2n) is 5.38. The number of benzene rings is 2. The van der Waals surface area contributed by atoms with E-state index in [4.69, 9.17) is 27.9 Å². The lowest BCUT2D eigenvalue weighted by atomic mass is 10.2. The third-order valence-electron chi connectivity index (χ3n) is 3.37. The van der Waals surface area contributed by atoms with Crippen LogP contribution in [0, 0.1) is 0 Å². The molecule has 0 radical (unpaired) electrons. The van der Waals surface area contributed by atoms with Crippen LogP contribution < -0.4 is 15.4 Å². The normalized spacial score (nSPS) is 15.0. The third-order valence-corrected chi connectivity index (χ3v) is 4.65. The molecule has 0 aliphatic carbocycles. The lowest BCUT2D eigenvalue weighted by Gasteiger charge is -2.11. The molecule has 138 valence electrons. The van der Waals surface area contributed by atoms with Gasteiger partial charge >= 0.3 is 0 Å². The zero-order valence-corrected chi connectivity index (χ0v) is 16.0. The molecular weight excluding hydrogens is 411 g/mol. The number of rotatable bonds is 5. The highest BCUT2D eigenvalue weighted by molar-refractivity contribution is 8.18. The maximum absolute atomic E-state index is 12.1. The van der Waals surface area contributed by atoms with Crippen LogP contribution in [0.2, 0.25) is 10.0 Å². The number of amides is 3. The summed E-state index contributed by atoms with van der Waals surface area (Å²) in [6.45, 7) is -0.261. The van der Waals surface area contributed by atoms with Crippen molar-refractivity contribution in [2.45, 2.75) is 0 Å². The minimum absolute atomic E-state index is 0.218. The molecule has 3 rings (SSSR count). The van der Waals surface area contributed by atoms with Gasteiger partial charge in [0.15, 0.2) is 6.61 Å². The smallest absolute Gasteiger partial charge is 0.290 e. The Kier molecular flexibility index (Phi) is 6.05. The van der Waals surface area contributed by atoms with Crippen LogP contribution in [-0.4, -0.2) is 23.7 Å². The van der Waals surface area contributed by atoms with Gasteiger partial charge in [0.25, 0.3) is 17.1 Å².